The lowest BCUT2D eigenvalue weighted by Crippen LogP contribution is -2.06. The maximum Gasteiger partial charge on any atom is 0.188 e. The van der Waals surface area contributed by atoms with Gasteiger partial charge in [-0.1, -0.05) is 115 Å². The van der Waals surface area contributed by atoms with Crippen LogP contribution in [0.5, 0.6) is 0 Å². The first-order valence-electron chi connectivity index (χ1n) is 17.7. The average molecular weight is 666 g/mol. The molecule has 0 saturated carbocycles. The van der Waals surface area contributed by atoms with Crippen molar-refractivity contribution in [2.24, 2.45) is 0 Å². The highest BCUT2D eigenvalue weighted by Crippen LogP contribution is 2.54. The predicted molar refractivity (Wildman–Crippen MR) is 214 cm³/mol. The van der Waals surface area contributed by atoms with Gasteiger partial charge in [-0.25, -0.2) is 4.85 Å². The number of aromatic nitrogens is 1. The fourth-order valence-electron chi connectivity index (χ4n) is 8.94. The zero-order valence-electron chi connectivity index (χ0n) is 29.6. The second kappa shape index (κ2) is 12.0. The molecule has 0 spiro atoms. The first-order chi connectivity index (χ1) is 25.4. The first-order valence-corrected chi connectivity index (χ1v) is 17.7. The molecule has 3 heteroatoms. The van der Waals surface area contributed by atoms with E-state index in [1.165, 1.54) is 50.1 Å². The van der Waals surface area contributed by atoms with E-state index in [-0.39, 0.29) is 5.92 Å². The Morgan fingerprint density at radius 2 is 1.10 bits per heavy atom. The number of para-hydroxylation sites is 3. The summed E-state index contributed by atoms with van der Waals surface area (Å²) in [6.07, 6.45) is 0. The smallest absolute Gasteiger partial charge is 0.188 e. The Labute approximate surface area is 304 Å². The van der Waals surface area contributed by atoms with E-state index in [9.17, 15) is 5.26 Å². The van der Waals surface area contributed by atoms with Gasteiger partial charge in [0.15, 0.2) is 5.69 Å². The van der Waals surface area contributed by atoms with Crippen molar-refractivity contribution in [3.63, 3.8) is 0 Å². The van der Waals surface area contributed by atoms with Crippen LogP contribution in [0.15, 0.2) is 133 Å². The van der Waals surface area contributed by atoms with E-state index < -0.39 is 0 Å². The molecule has 1 unspecified atom stereocenters. The molecule has 9 rings (SSSR count). The molecule has 0 fully saturated rings. The second-order valence-corrected chi connectivity index (χ2v) is 14.0. The van der Waals surface area contributed by atoms with Crippen LogP contribution in [0.2, 0.25) is 0 Å². The topological polar surface area (TPSA) is 33.1 Å². The fourth-order valence-corrected chi connectivity index (χ4v) is 8.94. The van der Waals surface area contributed by atoms with Gasteiger partial charge in [0.05, 0.1) is 28.9 Å². The predicted octanol–water partition coefficient (Wildman–Crippen LogP) is 12.9. The maximum atomic E-state index is 11.2. The van der Waals surface area contributed by atoms with Gasteiger partial charge in [-0.15, -0.1) is 0 Å². The van der Waals surface area contributed by atoms with Crippen LogP contribution in [0.4, 0.5) is 5.69 Å². The van der Waals surface area contributed by atoms with Gasteiger partial charge in [0.2, 0.25) is 0 Å². The van der Waals surface area contributed by atoms with Crippen LogP contribution in [0.1, 0.15) is 50.4 Å². The van der Waals surface area contributed by atoms with Crippen molar-refractivity contribution in [1.29, 1.82) is 5.26 Å². The number of hydrogen-bond donors (Lipinski definition) is 0. The van der Waals surface area contributed by atoms with Crippen molar-refractivity contribution in [2.75, 3.05) is 0 Å². The molecule has 246 valence electrons. The van der Waals surface area contributed by atoms with Crippen LogP contribution in [0.3, 0.4) is 0 Å². The molecule has 0 radical (unpaired) electrons. The van der Waals surface area contributed by atoms with Crippen LogP contribution in [-0.4, -0.2) is 4.57 Å². The van der Waals surface area contributed by atoms with Gasteiger partial charge in [0, 0.05) is 22.3 Å². The molecule has 52 heavy (non-hydrogen) atoms. The molecule has 0 bridgehead atoms. The summed E-state index contributed by atoms with van der Waals surface area (Å²) in [7, 11) is 0. The summed E-state index contributed by atoms with van der Waals surface area (Å²) in [4.78, 5) is 4.02. The van der Waals surface area contributed by atoms with Crippen LogP contribution in [-0.2, 0) is 0 Å². The zero-order chi connectivity index (χ0) is 35.7. The quantitative estimate of drug-likeness (QED) is 0.172. The molecule has 0 N–H and O–H groups in total. The summed E-state index contributed by atoms with van der Waals surface area (Å²) in [5.41, 5.74) is 18.8. The van der Waals surface area contributed by atoms with E-state index in [4.69, 9.17) is 6.57 Å². The van der Waals surface area contributed by atoms with E-state index in [1.807, 2.05) is 12.1 Å². The molecule has 0 saturated heterocycles. The summed E-state index contributed by atoms with van der Waals surface area (Å²) in [5, 5.41) is 13.5. The van der Waals surface area contributed by atoms with E-state index in [0.29, 0.717) is 11.3 Å². The Hall–Kier alpha value is -6.68. The molecule has 1 atom stereocenters. The number of rotatable bonds is 4. The van der Waals surface area contributed by atoms with Crippen molar-refractivity contribution >= 4 is 27.5 Å². The molecule has 0 amide bonds. The summed E-state index contributed by atoms with van der Waals surface area (Å²) < 4.78 is 2.36. The molecule has 0 aliphatic heterocycles. The molecule has 7 aromatic carbocycles. The SMILES string of the molecule is [C-]#[N+]c1cc(-c2cccc3c2C(c2c(C)cccc2C)c2ccccc2-3)c(C#N)c(-c2cccc3c4ccccc4n(-c4c(C)cccc4C)c23)c1. The van der Waals surface area contributed by atoms with Crippen molar-refractivity contribution in [3.8, 4) is 45.1 Å². The Morgan fingerprint density at radius 3 is 1.81 bits per heavy atom. The Kier molecular flexibility index (Phi) is 7.21. The minimum absolute atomic E-state index is 0.00909. The summed E-state index contributed by atoms with van der Waals surface area (Å²) in [6, 6.07) is 49.5. The number of hydrogen-bond acceptors (Lipinski definition) is 1. The highest BCUT2D eigenvalue weighted by Gasteiger charge is 2.34. The van der Waals surface area contributed by atoms with Gasteiger partial charge in [-0.05, 0) is 113 Å². The molecule has 1 heterocycles. The van der Waals surface area contributed by atoms with Gasteiger partial charge in [-0.2, -0.15) is 5.26 Å². The van der Waals surface area contributed by atoms with Gasteiger partial charge in [0.25, 0.3) is 0 Å². The Bertz CT molecular complexity index is 2830. The third-order valence-electron chi connectivity index (χ3n) is 11.1. The third-order valence-corrected chi connectivity index (χ3v) is 11.1. The van der Waals surface area contributed by atoms with Crippen molar-refractivity contribution in [3.05, 3.63) is 189 Å². The number of nitriles is 1. The molecular weight excluding hydrogens is 631 g/mol. The van der Waals surface area contributed by atoms with E-state index in [2.05, 4.69) is 165 Å². The fraction of sp³-hybridized carbons (Fsp3) is 0.102. The lowest BCUT2D eigenvalue weighted by Gasteiger charge is -2.23. The molecule has 8 aromatic rings. The normalized spacial score (nSPS) is 13.2. The third kappa shape index (κ3) is 4.50. The van der Waals surface area contributed by atoms with Gasteiger partial charge < -0.3 is 4.57 Å². The van der Waals surface area contributed by atoms with Crippen molar-refractivity contribution < 1.29 is 0 Å². The monoisotopic (exact) mass is 665 g/mol. The number of fused-ring (bicyclic) bond motifs is 6. The van der Waals surface area contributed by atoms with Crippen LogP contribution in [0.25, 0.3) is 65.7 Å². The van der Waals surface area contributed by atoms with E-state index >= 15 is 0 Å². The molecule has 1 aliphatic rings. The van der Waals surface area contributed by atoms with Gasteiger partial charge >= 0.3 is 0 Å². The largest absolute Gasteiger partial charge is 0.308 e. The first kappa shape index (κ1) is 31.3. The average Bonchev–Trinajstić information content (AvgIpc) is 3.67. The summed E-state index contributed by atoms with van der Waals surface area (Å²) in [6.45, 7) is 17.0. The summed E-state index contributed by atoms with van der Waals surface area (Å²) in [5.74, 6) is -0.00909. The lowest BCUT2D eigenvalue weighted by atomic mass is 9.80. The number of nitrogens with zero attached hydrogens (tertiary/aromatic N) is 3. The minimum Gasteiger partial charge on any atom is -0.308 e. The standard InChI is InChI=1S/C49H35N3/c1-29-14-10-15-30(2)45(29)47-37-20-7-6-18-34(37)36-21-12-22-38(46(36)47)41-26-33(51-5)27-42(43(41)28-50)40-24-13-23-39-35-19-8-9-25-44(35)52(49(39)40)48-31(3)16-11-17-32(48)4/h6-27,47H,1-4H3. The van der Waals surface area contributed by atoms with Gasteiger partial charge in [0.1, 0.15) is 6.07 Å². The van der Waals surface area contributed by atoms with Gasteiger partial charge in [-0.3, -0.25) is 0 Å². The lowest BCUT2D eigenvalue weighted by molar-refractivity contribution is 0.980. The van der Waals surface area contributed by atoms with Crippen LogP contribution in [0, 0.1) is 45.6 Å². The van der Waals surface area contributed by atoms with E-state index in [0.717, 1.165) is 49.7 Å². The highest BCUT2D eigenvalue weighted by atomic mass is 15.0. The number of aryl methyl sites for hydroxylation is 4. The van der Waals surface area contributed by atoms with Crippen LogP contribution >= 0.6 is 0 Å². The Morgan fingerprint density at radius 1 is 0.558 bits per heavy atom. The number of benzene rings is 7. The maximum absolute atomic E-state index is 11.2. The second-order valence-electron chi connectivity index (χ2n) is 14.0. The molecule has 1 aromatic heterocycles. The molecule has 1 aliphatic carbocycles. The highest BCUT2D eigenvalue weighted by molar-refractivity contribution is 6.14. The zero-order valence-corrected chi connectivity index (χ0v) is 29.6. The summed E-state index contributed by atoms with van der Waals surface area (Å²) >= 11 is 0. The van der Waals surface area contributed by atoms with E-state index in [1.54, 1.807) is 0 Å². The molecule has 3 nitrogen and oxygen atoms in total. The van der Waals surface area contributed by atoms with Crippen LogP contribution < -0.4 is 0 Å². The Balaban J connectivity index is 1.39. The van der Waals surface area contributed by atoms with Crippen molar-refractivity contribution in [1.82, 2.24) is 4.57 Å². The molecular formula is C49H35N3. The van der Waals surface area contributed by atoms with Crippen molar-refractivity contribution in [2.45, 2.75) is 33.6 Å². The minimum atomic E-state index is -0.00909.